The highest BCUT2D eigenvalue weighted by molar-refractivity contribution is 14.1. The second kappa shape index (κ2) is 5.01. The summed E-state index contributed by atoms with van der Waals surface area (Å²) in [5.74, 6) is -0.501. The van der Waals surface area contributed by atoms with Crippen LogP contribution in [0, 0.1) is 3.57 Å². The minimum absolute atomic E-state index is 0.147. The number of hydrogen-bond donors (Lipinski definition) is 0. The van der Waals surface area contributed by atoms with Crippen molar-refractivity contribution in [2.75, 3.05) is 7.11 Å². The molecular formula is C16H11IO3. The number of hydrogen-bond acceptors (Lipinski definition) is 3. The van der Waals surface area contributed by atoms with Gasteiger partial charge in [0.05, 0.1) is 7.11 Å². The van der Waals surface area contributed by atoms with Gasteiger partial charge in [0.1, 0.15) is 11.7 Å². The van der Waals surface area contributed by atoms with Crippen LogP contribution < -0.4 is 4.74 Å². The number of ether oxygens (including phenoxy) is 1. The Morgan fingerprint density at radius 1 is 1.00 bits per heavy atom. The number of ketones is 2. The van der Waals surface area contributed by atoms with E-state index in [1.54, 1.807) is 37.4 Å². The zero-order chi connectivity index (χ0) is 14.3. The molecule has 0 aliphatic heterocycles. The molecular weight excluding hydrogens is 367 g/mol. The molecule has 1 aliphatic carbocycles. The Morgan fingerprint density at radius 3 is 2.15 bits per heavy atom. The molecule has 0 saturated heterocycles. The third-order valence-electron chi connectivity index (χ3n) is 3.49. The fourth-order valence-electron chi connectivity index (χ4n) is 2.56. The van der Waals surface area contributed by atoms with Crippen molar-refractivity contribution in [2.45, 2.75) is 5.92 Å². The number of methoxy groups -OCH3 is 1. The van der Waals surface area contributed by atoms with E-state index in [0.717, 1.165) is 3.57 Å². The van der Waals surface area contributed by atoms with Crippen molar-refractivity contribution >= 4 is 34.2 Å². The van der Waals surface area contributed by atoms with Gasteiger partial charge in [0.25, 0.3) is 0 Å². The molecule has 0 saturated carbocycles. The molecule has 0 radical (unpaired) electrons. The summed E-state index contributed by atoms with van der Waals surface area (Å²) >= 11 is 2.16. The zero-order valence-electron chi connectivity index (χ0n) is 10.7. The largest absolute Gasteiger partial charge is 0.496 e. The molecule has 20 heavy (non-hydrogen) atoms. The lowest BCUT2D eigenvalue weighted by atomic mass is 9.93. The summed E-state index contributed by atoms with van der Waals surface area (Å²) in [4.78, 5) is 25.0. The van der Waals surface area contributed by atoms with Crippen LogP contribution in [0.2, 0.25) is 0 Å². The molecule has 0 spiro atoms. The predicted molar refractivity (Wildman–Crippen MR) is 83.6 cm³/mol. The standard InChI is InChI=1S/C16H11IO3/c1-20-13-7-6-9(17)8-12(13)14-15(18)10-4-2-3-5-11(10)16(14)19/h2-8,14H,1H3. The van der Waals surface area contributed by atoms with E-state index >= 15 is 0 Å². The minimum atomic E-state index is -0.780. The molecule has 2 aromatic rings. The third-order valence-corrected chi connectivity index (χ3v) is 4.16. The predicted octanol–water partition coefficient (Wildman–Crippen LogP) is 3.46. The first kappa shape index (κ1) is 13.3. The Bertz CT molecular complexity index is 686. The van der Waals surface area contributed by atoms with Gasteiger partial charge in [-0.3, -0.25) is 9.59 Å². The van der Waals surface area contributed by atoms with Crippen LogP contribution in [0.3, 0.4) is 0 Å². The van der Waals surface area contributed by atoms with E-state index in [0.29, 0.717) is 22.4 Å². The van der Waals surface area contributed by atoms with Gasteiger partial charge in [-0.25, -0.2) is 0 Å². The molecule has 0 unspecified atom stereocenters. The van der Waals surface area contributed by atoms with Crippen molar-refractivity contribution in [3.8, 4) is 5.75 Å². The van der Waals surface area contributed by atoms with Crippen molar-refractivity contribution in [2.24, 2.45) is 0 Å². The number of Topliss-reactive ketones (excluding diaryl/α,β-unsaturated/α-hetero) is 2. The molecule has 0 N–H and O–H groups in total. The quantitative estimate of drug-likeness (QED) is 0.594. The van der Waals surface area contributed by atoms with Gasteiger partial charge in [-0.05, 0) is 40.8 Å². The Balaban J connectivity index is 2.16. The van der Waals surface area contributed by atoms with Crippen LogP contribution >= 0.6 is 22.6 Å². The Labute approximate surface area is 130 Å². The first-order valence-electron chi connectivity index (χ1n) is 6.14. The highest BCUT2D eigenvalue weighted by Crippen LogP contribution is 2.38. The molecule has 0 aromatic heterocycles. The van der Waals surface area contributed by atoms with Gasteiger partial charge in [0.15, 0.2) is 11.6 Å². The van der Waals surface area contributed by atoms with Gasteiger partial charge in [0.2, 0.25) is 0 Å². The summed E-state index contributed by atoms with van der Waals surface area (Å²) in [6, 6.07) is 12.5. The number of carbonyl (C=O) groups is 2. The van der Waals surface area contributed by atoms with Gasteiger partial charge in [-0.15, -0.1) is 0 Å². The van der Waals surface area contributed by atoms with Crippen LogP contribution in [0.1, 0.15) is 32.2 Å². The Morgan fingerprint density at radius 2 is 1.60 bits per heavy atom. The van der Waals surface area contributed by atoms with Crippen LogP contribution in [-0.2, 0) is 0 Å². The summed E-state index contributed by atoms with van der Waals surface area (Å²) in [6.45, 7) is 0. The van der Waals surface area contributed by atoms with Crippen LogP contribution in [-0.4, -0.2) is 18.7 Å². The molecule has 2 aromatic carbocycles. The van der Waals surface area contributed by atoms with E-state index in [1.807, 2.05) is 12.1 Å². The van der Waals surface area contributed by atoms with Gasteiger partial charge in [0, 0.05) is 20.3 Å². The van der Waals surface area contributed by atoms with E-state index in [1.165, 1.54) is 0 Å². The lowest BCUT2D eigenvalue weighted by Crippen LogP contribution is -2.14. The summed E-state index contributed by atoms with van der Waals surface area (Å²) in [5, 5.41) is 0. The first-order valence-corrected chi connectivity index (χ1v) is 7.22. The smallest absolute Gasteiger partial charge is 0.178 e. The highest BCUT2D eigenvalue weighted by atomic mass is 127. The van der Waals surface area contributed by atoms with E-state index in [2.05, 4.69) is 22.6 Å². The third kappa shape index (κ3) is 1.95. The molecule has 4 heteroatoms. The maximum atomic E-state index is 12.5. The van der Waals surface area contributed by atoms with E-state index < -0.39 is 5.92 Å². The average Bonchev–Trinajstić information content (AvgIpc) is 2.71. The topological polar surface area (TPSA) is 43.4 Å². The van der Waals surface area contributed by atoms with Crippen LogP contribution in [0.25, 0.3) is 0 Å². The lowest BCUT2D eigenvalue weighted by Gasteiger charge is -2.13. The van der Waals surface area contributed by atoms with Crippen molar-refractivity contribution in [3.63, 3.8) is 0 Å². The number of rotatable bonds is 2. The van der Waals surface area contributed by atoms with Gasteiger partial charge >= 0.3 is 0 Å². The van der Waals surface area contributed by atoms with Crippen molar-refractivity contribution in [3.05, 3.63) is 62.7 Å². The fraction of sp³-hybridized carbons (Fsp3) is 0.125. The Hall–Kier alpha value is -1.69. The highest BCUT2D eigenvalue weighted by Gasteiger charge is 2.40. The molecule has 0 heterocycles. The van der Waals surface area contributed by atoms with Gasteiger partial charge in [-0.2, -0.15) is 0 Å². The maximum Gasteiger partial charge on any atom is 0.178 e. The summed E-state index contributed by atoms with van der Waals surface area (Å²) < 4.78 is 6.27. The molecule has 0 fully saturated rings. The van der Waals surface area contributed by atoms with E-state index in [4.69, 9.17) is 4.74 Å². The van der Waals surface area contributed by atoms with Crippen LogP contribution in [0.5, 0.6) is 5.75 Å². The van der Waals surface area contributed by atoms with E-state index in [-0.39, 0.29) is 11.6 Å². The zero-order valence-corrected chi connectivity index (χ0v) is 12.9. The van der Waals surface area contributed by atoms with Crippen molar-refractivity contribution in [1.29, 1.82) is 0 Å². The summed E-state index contributed by atoms with van der Waals surface area (Å²) in [5.41, 5.74) is 1.65. The number of fused-ring (bicyclic) bond motifs is 1. The lowest BCUT2D eigenvalue weighted by molar-refractivity contribution is 0.0888. The van der Waals surface area contributed by atoms with Crippen molar-refractivity contribution in [1.82, 2.24) is 0 Å². The number of halogens is 1. The fourth-order valence-corrected chi connectivity index (χ4v) is 3.07. The second-order valence-electron chi connectivity index (χ2n) is 4.59. The number of carbonyl (C=O) groups excluding carboxylic acids is 2. The molecule has 3 rings (SSSR count). The van der Waals surface area contributed by atoms with Crippen molar-refractivity contribution < 1.29 is 14.3 Å². The molecule has 0 amide bonds. The minimum Gasteiger partial charge on any atom is -0.496 e. The average molecular weight is 378 g/mol. The monoisotopic (exact) mass is 378 g/mol. The second-order valence-corrected chi connectivity index (χ2v) is 5.84. The van der Waals surface area contributed by atoms with Crippen LogP contribution in [0.4, 0.5) is 0 Å². The number of benzene rings is 2. The molecule has 0 atom stereocenters. The molecule has 1 aliphatic rings. The summed E-state index contributed by atoms with van der Waals surface area (Å²) in [7, 11) is 1.54. The van der Waals surface area contributed by atoms with E-state index in [9.17, 15) is 9.59 Å². The molecule has 0 bridgehead atoms. The van der Waals surface area contributed by atoms with Gasteiger partial charge in [-0.1, -0.05) is 24.3 Å². The van der Waals surface area contributed by atoms with Crippen LogP contribution in [0.15, 0.2) is 42.5 Å². The summed E-state index contributed by atoms with van der Waals surface area (Å²) in [6.07, 6.45) is 0. The molecule has 100 valence electrons. The maximum absolute atomic E-state index is 12.5. The molecule has 3 nitrogen and oxygen atoms in total. The Kier molecular flexibility index (Phi) is 3.33. The normalized spacial score (nSPS) is 14.5. The SMILES string of the molecule is COc1ccc(I)cc1C1C(=O)c2ccccc2C1=O. The van der Waals surface area contributed by atoms with Gasteiger partial charge < -0.3 is 4.74 Å². The first-order chi connectivity index (χ1) is 9.63.